The first kappa shape index (κ1) is 30.7. The molecule has 3 atom stereocenters. The van der Waals surface area contributed by atoms with Gasteiger partial charge in [-0.15, -0.1) is 0 Å². The zero-order valence-corrected chi connectivity index (χ0v) is 27.5. The maximum Gasteiger partial charge on any atom is 0.410 e. The molecule has 234 valence electrons. The number of hydrogen-bond donors (Lipinski definition) is 1. The summed E-state index contributed by atoms with van der Waals surface area (Å²) in [6.07, 6.45) is 6.94. The first-order chi connectivity index (χ1) is 20.7. The van der Waals surface area contributed by atoms with Gasteiger partial charge < -0.3 is 15.0 Å². The molecule has 1 aliphatic carbocycles. The molecule has 0 radical (unpaired) electrons. The number of fused-ring (bicyclic) bond motifs is 8. The van der Waals surface area contributed by atoms with Gasteiger partial charge in [0, 0.05) is 57.8 Å². The van der Waals surface area contributed by atoms with E-state index in [1.807, 2.05) is 56.9 Å². The summed E-state index contributed by atoms with van der Waals surface area (Å²) >= 11 is 13.3. The predicted molar refractivity (Wildman–Crippen MR) is 170 cm³/mol. The highest BCUT2D eigenvalue weighted by molar-refractivity contribution is 6.33. The molecular formula is C33H39Cl2N5O4. The minimum absolute atomic E-state index is 0.00387. The van der Waals surface area contributed by atoms with Gasteiger partial charge in [0.25, 0.3) is 5.91 Å². The van der Waals surface area contributed by atoms with E-state index in [1.54, 1.807) is 9.58 Å². The van der Waals surface area contributed by atoms with Crippen LogP contribution in [0.1, 0.15) is 98.2 Å². The van der Waals surface area contributed by atoms with Gasteiger partial charge in [-0.3, -0.25) is 19.2 Å². The Balaban J connectivity index is 1.26. The maximum atomic E-state index is 14.2. The Morgan fingerprint density at radius 2 is 1.84 bits per heavy atom. The van der Waals surface area contributed by atoms with Gasteiger partial charge in [-0.25, -0.2) is 4.79 Å². The molecule has 3 aliphatic heterocycles. The Hall–Kier alpha value is -3.30. The van der Waals surface area contributed by atoms with E-state index >= 15 is 0 Å². The summed E-state index contributed by atoms with van der Waals surface area (Å²) in [5, 5.41) is 9.17. The Morgan fingerprint density at radius 1 is 1.14 bits per heavy atom. The van der Waals surface area contributed by atoms with E-state index in [0.29, 0.717) is 41.7 Å². The number of halogens is 2. The second-order valence-electron chi connectivity index (χ2n) is 13.5. The van der Waals surface area contributed by atoms with Crippen LogP contribution in [0.15, 0.2) is 35.4 Å². The van der Waals surface area contributed by atoms with Gasteiger partial charge >= 0.3 is 6.09 Å². The lowest BCUT2D eigenvalue weighted by Crippen LogP contribution is -2.48. The highest BCUT2D eigenvalue weighted by atomic mass is 35.5. The molecule has 0 saturated carbocycles. The predicted octanol–water partition coefficient (Wildman–Crippen LogP) is 6.59. The number of benzene rings is 1. The topological polar surface area (TPSA) is 96.8 Å². The van der Waals surface area contributed by atoms with E-state index in [4.69, 9.17) is 33.0 Å². The van der Waals surface area contributed by atoms with Gasteiger partial charge in [-0.1, -0.05) is 55.3 Å². The number of nitrogens with zero attached hydrogens (tertiary/aromatic N) is 4. The van der Waals surface area contributed by atoms with Crippen molar-refractivity contribution in [3.63, 3.8) is 0 Å². The molecule has 1 fully saturated rings. The summed E-state index contributed by atoms with van der Waals surface area (Å²) in [5.41, 5.74) is 4.28. The van der Waals surface area contributed by atoms with Crippen molar-refractivity contribution in [2.75, 3.05) is 18.0 Å². The van der Waals surface area contributed by atoms with Crippen molar-refractivity contribution in [3.8, 4) is 0 Å². The molecule has 0 bridgehead atoms. The van der Waals surface area contributed by atoms with Crippen LogP contribution < -0.4 is 10.2 Å². The van der Waals surface area contributed by atoms with E-state index in [2.05, 4.69) is 25.2 Å². The van der Waals surface area contributed by atoms with E-state index < -0.39 is 5.60 Å². The molecule has 4 heterocycles. The molecule has 1 N–H and O–H groups in total. The molecule has 44 heavy (non-hydrogen) atoms. The van der Waals surface area contributed by atoms with Crippen molar-refractivity contribution in [1.82, 2.24) is 20.0 Å². The molecule has 1 aromatic carbocycles. The highest BCUT2D eigenvalue weighted by Gasteiger charge is 2.53. The quantitative estimate of drug-likeness (QED) is 0.407. The fourth-order valence-corrected chi connectivity index (χ4v) is 7.64. The third kappa shape index (κ3) is 5.32. The molecule has 1 aromatic heterocycles. The van der Waals surface area contributed by atoms with E-state index in [9.17, 15) is 14.4 Å². The summed E-state index contributed by atoms with van der Waals surface area (Å²) in [4.78, 5) is 43.5. The van der Waals surface area contributed by atoms with Crippen LogP contribution in [-0.2, 0) is 16.1 Å². The number of amides is 3. The summed E-state index contributed by atoms with van der Waals surface area (Å²) < 4.78 is 7.20. The summed E-state index contributed by atoms with van der Waals surface area (Å²) in [7, 11) is 0. The number of aryl methyl sites for hydroxylation is 1. The summed E-state index contributed by atoms with van der Waals surface area (Å²) in [5.74, 6) is -0.535. The average molecular weight is 641 g/mol. The molecule has 1 saturated heterocycles. The van der Waals surface area contributed by atoms with Crippen LogP contribution >= 0.6 is 23.2 Å². The lowest BCUT2D eigenvalue weighted by atomic mass is 9.72. The number of likely N-dealkylation sites (tertiary alicyclic amines) is 1. The third-order valence-corrected chi connectivity index (χ3v) is 9.49. The van der Waals surface area contributed by atoms with E-state index in [1.165, 1.54) is 0 Å². The van der Waals surface area contributed by atoms with Crippen molar-refractivity contribution < 1.29 is 19.1 Å². The monoisotopic (exact) mass is 639 g/mol. The van der Waals surface area contributed by atoms with Crippen LogP contribution in [0.2, 0.25) is 5.02 Å². The van der Waals surface area contributed by atoms with Crippen LogP contribution in [0, 0.1) is 12.8 Å². The molecule has 3 amide bonds. The highest BCUT2D eigenvalue weighted by Crippen LogP contribution is 2.58. The maximum absolute atomic E-state index is 14.2. The van der Waals surface area contributed by atoms with Gasteiger partial charge in [0.05, 0.1) is 11.7 Å². The van der Waals surface area contributed by atoms with Crippen LogP contribution in [0.3, 0.4) is 0 Å². The van der Waals surface area contributed by atoms with Gasteiger partial charge in [-0.2, -0.15) is 5.10 Å². The normalized spacial score (nSPS) is 22.8. The number of carbonyl (C=O) groups is 3. The van der Waals surface area contributed by atoms with Crippen molar-refractivity contribution in [2.24, 2.45) is 5.92 Å². The number of carbonyl (C=O) groups excluding carboxylic acids is 3. The zero-order valence-electron chi connectivity index (χ0n) is 26.0. The van der Waals surface area contributed by atoms with Crippen molar-refractivity contribution >= 4 is 46.8 Å². The fraction of sp³-hybridized carbons (Fsp3) is 0.515. The second kappa shape index (κ2) is 11.2. The van der Waals surface area contributed by atoms with Crippen LogP contribution in [0.4, 0.5) is 10.5 Å². The molecular weight excluding hydrogens is 601 g/mol. The lowest BCUT2D eigenvalue weighted by molar-refractivity contribution is -0.122. The van der Waals surface area contributed by atoms with Crippen LogP contribution in [0.25, 0.3) is 0 Å². The minimum Gasteiger partial charge on any atom is -0.444 e. The standard InChI is InChI=1S/C33H39Cl2N5O4/c1-17(2)28-26-27(37-39(28)16-24(41)36-20-11-13-38(14-12-20)32(43)44-33(4,5)6)31(42)40-29-18(3)7-10-23(35)25(29)22-15-19(34)8-9-21(22)30(26)40/h7-10,15,17,20-22,30H,11-14,16H2,1-6H3,(H,36,41). The average Bonchev–Trinajstić information content (AvgIpc) is 3.44. The lowest BCUT2D eigenvalue weighted by Gasteiger charge is -2.44. The number of aromatic nitrogens is 2. The smallest absolute Gasteiger partial charge is 0.410 e. The van der Waals surface area contributed by atoms with Crippen LogP contribution in [-0.4, -0.2) is 57.3 Å². The Bertz CT molecular complexity index is 1600. The molecule has 2 aromatic rings. The van der Waals surface area contributed by atoms with Gasteiger partial charge in [0.1, 0.15) is 12.1 Å². The first-order valence-electron chi connectivity index (χ1n) is 15.3. The van der Waals surface area contributed by atoms with Crippen molar-refractivity contribution in [2.45, 2.75) is 90.4 Å². The summed E-state index contributed by atoms with van der Waals surface area (Å²) in [6.45, 7) is 12.7. The molecule has 4 aliphatic rings. The number of rotatable bonds is 4. The largest absolute Gasteiger partial charge is 0.444 e. The SMILES string of the molecule is Cc1ccc(Cl)c2c1N1C(=O)c3nn(CC(=O)NC4CCN(C(=O)OC(C)(C)C)CC4)c(C(C)C)c3C1C1C=CC(Cl)=CC21. The van der Waals surface area contributed by atoms with Crippen molar-refractivity contribution in [3.05, 3.63) is 68.5 Å². The van der Waals surface area contributed by atoms with E-state index in [0.717, 1.165) is 28.1 Å². The number of anilines is 1. The Labute approximate surface area is 268 Å². The number of piperidine rings is 1. The minimum atomic E-state index is -0.552. The Morgan fingerprint density at radius 3 is 2.50 bits per heavy atom. The number of hydrogen-bond acceptors (Lipinski definition) is 5. The Kier molecular flexibility index (Phi) is 7.85. The molecule has 3 unspecified atom stereocenters. The number of nitrogens with one attached hydrogen (secondary N) is 1. The van der Waals surface area contributed by atoms with Crippen molar-refractivity contribution in [1.29, 1.82) is 0 Å². The molecule has 0 spiro atoms. The first-order valence-corrected chi connectivity index (χ1v) is 16.1. The van der Waals surface area contributed by atoms with Crippen LogP contribution in [0.5, 0.6) is 0 Å². The van der Waals surface area contributed by atoms with Gasteiger partial charge in [-0.05, 0) is 64.2 Å². The third-order valence-electron chi connectivity index (χ3n) is 8.91. The summed E-state index contributed by atoms with van der Waals surface area (Å²) in [6, 6.07) is 3.47. The van der Waals surface area contributed by atoms with Gasteiger partial charge in [0.2, 0.25) is 5.91 Å². The molecule has 11 heteroatoms. The fourth-order valence-electron chi connectivity index (χ4n) is 7.15. The van der Waals surface area contributed by atoms with Gasteiger partial charge in [0.15, 0.2) is 5.69 Å². The number of ether oxygens (including phenoxy) is 1. The molecule has 6 rings (SSSR count). The second-order valence-corrected chi connectivity index (χ2v) is 14.4. The molecule has 9 nitrogen and oxygen atoms in total. The zero-order chi connectivity index (χ0) is 31.7. The number of allylic oxidation sites excluding steroid dienone is 3. The van der Waals surface area contributed by atoms with E-state index in [-0.39, 0.29) is 54.3 Å².